The van der Waals surface area contributed by atoms with Crippen LogP contribution in [0.3, 0.4) is 0 Å². The number of methoxy groups -OCH3 is 1. The first kappa shape index (κ1) is 14.2. The Balaban J connectivity index is 2.07. The minimum Gasteiger partial charge on any atom is -0.464 e. The van der Waals surface area contributed by atoms with Crippen molar-refractivity contribution in [1.29, 1.82) is 0 Å². The molecule has 0 saturated carbocycles. The van der Waals surface area contributed by atoms with Crippen molar-refractivity contribution in [2.45, 2.75) is 19.4 Å². The zero-order valence-corrected chi connectivity index (χ0v) is 12.4. The molecule has 3 rings (SSSR count). The first-order valence-electron chi connectivity index (χ1n) is 6.79. The molecule has 2 atom stereocenters. The maximum absolute atomic E-state index is 12.8. The van der Waals surface area contributed by atoms with E-state index in [4.69, 9.17) is 0 Å². The van der Waals surface area contributed by atoms with E-state index in [9.17, 15) is 14.4 Å². The summed E-state index contributed by atoms with van der Waals surface area (Å²) in [5, 5.41) is 3.84. The van der Waals surface area contributed by atoms with Gasteiger partial charge in [0.1, 0.15) is 11.5 Å². The molecule has 2 aliphatic rings. The number of nitrogens with one attached hydrogen (secondary N) is 1. The van der Waals surface area contributed by atoms with Crippen molar-refractivity contribution in [1.82, 2.24) is 5.43 Å². The van der Waals surface area contributed by atoms with Gasteiger partial charge in [-0.3, -0.25) is 15.0 Å². The molecule has 0 aliphatic carbocycles. The SMILES string of the molecule is COC(=O)C1=NN[C@@]2(C)C(=O)N(c3ccccc3C)C(=O)[C@H]12. The molecule has 2 heterocycles. The van der Waals surface area contributed by atoms with E-state index in [-0.39, 0.29) is 5.71 Å². The zero-order chi connectivity index (χ0) is 16.1. The summed E-state index contributed by atoms with van der Waals surface area (Å²) in [5.41, 5.74) is 2.61. The van der Waals surface area contributed by atoms with Gasteiger partial charge < -0.3 is 4.74 Å². The van der Waals surface area contributed by atoms with Crippen molar-refractivity contribution in [3.8, 4) is 0 Å². The summed E-state index contributed by atoms with van der Waals surface area (Å²) >= 11 is 0. The predicted molar refractivity (Wildman–Crippen MR) is 78.2 cm³/mol. The van der Waals surface area contributed by atoms with Crippen LogP contribution in [0, 0.1) is 12.8 Å². The maximum Gasteiger partial charge on any atom is 0.355 e. The number of benzene rings is 1. The number of fused-ring (bicyclic) bond motifs is 1. The van der Waals surface area contributed by atoms with Gasteiger partial charge in [0.15, 0.2) is 5.71 Å². The molecule has 0 radical (unpaired) electrons. The van der Waals surface area contributed by atoms with E-state index in [1.165, 1.54) is 7.11 Å². The second-order valence-corrected chi connectivity index (χ2v) is 5.50. The van der Waals surface area contributed by atoms with Crippen LogP contribution < -0.4 is 10.3 Å². The summed E-state index contributed by atoms with van der Waals surface area (Å²) in [6.45, 7) is 3.38. The Bertz CT molecular complexity index is 727. The second kappa shape index (κ2) is 4.66. The number of hydrogen-bond acceptors (Lipinski definition) is 6. The Kier molecular flexibility index (Phi) is 3.01. The molecular formula is C15H15N3O4. The number of ether oxygens (including phenoxy) is 1. The molecule has 1 fully saturated rings. The van der Waals surface area contributed by atoms with E-state index in [1.54, 1.807) is 19.1 Å². The van der Waals surface area contributed by atoms with Crippen molar-refractivity contribution in [2.24, 2.45) is 11.0 Å². The van der Waals surface area contributed by atoms with Crippen molar-refractivity contribution in [2.75, 3.05) is 12.0 Å². The highest BCUT2D eigenvalue weighted by Gasteiger charge is 2.63. The van der Waals surface area contributed by atoms with Crippen LogP contribution in [0.25, 0.3) is 0 Å². The van der Waals surface area contributed by atoms with Gasteiger partial charge in [-0.2, -0.15) is 5.10 Å². The molecule has 0 spiro atoms. The molecule has 7 heteroatoms. The maximum atomic E-state index is 12.8. The quantitative estimate of drug-likeness (QED) is 0.630. The fourth-order valence-electron chi connectivity index (χ4n) is 2.89. The van der Waals surface area contributed by atoms with Crippen LogP contribution in [0.1, 0.15) is 12.5 Å². The summed E-state index contributed by atoms with van der Waals surface area (Å²) in [7, 11) is 1.21. The van der Waals surface area contributed by atoms with Crippen LogP contribution in [0.4, 0.5) is 5.69 Å². The Hall–Kier alpha value is -2.70. The van der Waals surface area contributed by atoms with E-state index in [0.717, 1.165) is 10.5 Å². The lowest BCUT2D eigenvalue weighted by Crippen LogP contribution is -2.48. The lowest BCUT2D eigenvalue weighted by Gasteiger charge is -2.21. The van der Waals surface area contributed by atoms with E-state index in [0.29, 0.717) is 5.69 Å². The number of hydrogen-bond donors (Lipinski definition) is 1. The molecule has 2 aliphatic heterocycles. The standard InChI is InChI=1S/C15H15N3O4/c1-8-6-4-5-7-9(8)18-12(19)10-11(13(20)22-3)16-17-15(10,2)14(18)21/h4-7,10,17H,1-3H3/t10-,15+/m0/s1. The van der Waals surface area contributed by atoms with Gasteiger partial charge in [-0.05, 0) is 25.5 Å². The number of hydrazone groups is 1. The average molecular weight is 301 g/mol. The third-order valence-electron chi connectivity index (χ3n) is 4.12. The van der Waals surface area contributed by atoms with E-state index in [2.05, 4.69) is 15.3 Å². The van der Waals surface area contributed by atoms with Crippen LogP contribution in [-0.4, -0.2) is 36.1 Å². The van der Waals surface area contributed by atoms with Gasteiger partial charge in [0, 0.05) is 0 Å². The lowest BCUT2D eigenvalue weighted by atomic mass is 9.86. The molecule has 0 bridgehead atoms. The third kappa shape index (κ3) is 1.68. The first-order valence-corrected chi connectivity index (χ1v) is 6.79. The molecule has 1 N–H and O–H groups in total. The molecule has 1 aromatic carbocycles. The largest absolute Gasteiger partial charge is 0.464 e. The Morgan fingerprint density at radius 1 is 1.36 bits per heavy atom. The third-order valence-corrected chi connectivity index (χ3v) is 4.12. The van der Waals surface area contributed by atoms with Crippen LogP contribution in [0.15, 0.2) is 29.4 Å². The highest BCUT2D eigenvalue weighted by Crippen LogP contribution is 2.38. The number of carbonyl (C=O) groups is 3. The normalized spacial score (nSPS) is 26.6. The molecular weight excluding hydrogens is 286 g/mol. The number of carbonyl (C=O) groups excluding carboxylic acids is 3. The summed E-state index contributed by atoms with van der Waals surface area (Å²) in [5.74, 6) is -2.60. The summed E-state index contributed by atoms with van der Waals surface area (Å²) in [4.78, 5) is 38.4. The summed E-state index contributed by atoms with van der Waals surface area (Å²) in [6.07, 6.45) is 0. The zero-order valence-electron chi connectivity index (χ0n) is 12.4. The monoisotopic (exact) mass is 301 g/mol. The van der Waals surface area contributed by atoms with Crippen LogP contribution >= 0.6 is 0 Å². The fraction of sp³-hybridized carbons (Fsp3) is 0.333. The lowest BCUT2D eigenvalue weighted by molar-refractivity contribution is -0.133. The number of aryl methyl sites for hydroxylation is 1. The highest BCUT2D eigenvalue weighted by atomic mass is 16.5. The Labute approximate surface area is 126 Å². The Morgan fingerprint density at radius 2 is 2.05 bits per heavy atom. The Morgan fingerprint density at radius 3 is 2.68 bits per heavy atom. The van der Waals surface area contributed by atoms with Crippen molar-refractivity contribution in [3.05, 3.63) is 29.8 Å². The van der Waals surface area contributed by atoms with Gasteiger partial charge in [-0.1, -0.05) is 18.2 Å². The minimum atomic E-state index is -1.26. The van der Waals surface area contributed by atoms with E-state index < -0.39 is 29.2 Å². The van der Waals surface area contributed by atoms with Gasteiger partial charge >= 0.3 is 5.97 Å². The highest BCUT2D eigenvalue weighted by molar-refractivity contribution is 6.47. The topological polar surface area (TPSA) is 88.1 Å². The molecule has 22 heavy (non-hydrogen) atoms. The number of imide groups is 1. The van der Waals surface area contributed by atoms with Crippen molar-refractivity contribution < 1.29 is 19.1 Å². The van der Waals surface area contributed by atoms with Crippen LogP contribution in [-0.2, 0) is 19.1 Å². The van der Waals surface area contributed by atoms with Crippen molar-refractivity contribution in [3.63, 3.8) is 0 Å². The van der Waals surface area contributed by atoms with Crippen LogP contribution in [0.2, 0.25) is 0 Å². The van der Waals surface area contributed by atoms with Gasteiger partial charge in [0.25, 0.3) is 5.91 Å². The molecule has 1 aromatic rings. The number of para-hydroxylation sites is 1. The minimum absolute atomic E-state index is 0.0700. The second-order valence-electron chi connectivity index (χ2n) is 5.50. The number of amides is 2. The van der Waals surface area contributed by atoms with E-state index >= 15 is 0 Å². The average Bonchev–Trinajstić information content (AvgIpc) is 2.95. The molecule has 7 nitrogen and oxygen atoms in total. The molecule has 114 valence electrons. The summed E-state index contributed by atoms with van der Waals surface area (Å²) < 4.78 is 4.64. The number of rotatable bonds is 2. The molecule has 2 amide bonds. The molecule has 0 unspecified atom stereocenters. The molecule has 0 aromatic heterocycles. The van der Waals surface area contributed by atoms with Gasteiger partial charge in [0.2, 0.25) is 5.91 Å². The van der Waals surface area contributed by atoms with Gasteiger partial charge in [-0.15, -0.1) is 0 Å². The van der Waals surface area contributed by atoms with E-state index in [1.807, 2.05) is 19.1 Å². The smallest absolute Gasteiger partial charge is 0.355 e. The number of nitrogens with zero attached hydrogens (tertiary/aromatic N) is 2. The van der Waals surface area contributed by atoms with Gasteiger partial charge in [-0.25, -0.2) is 9.69 Å². The number of esters is 1. The van der Waals surface area contributed by atoms with Gasteiger partial charge in [0.05, 0.1) is 12.8 Å². The number of anilines is 1. The van der Waals surface area contributed by atoms with Crippen molar-refractivity contribution >= 4 is 29.2 Å². The first-order chi connectivity index (χ1) is 10.4. The fourth-order valence-corrected chi connectivity index (χ4v) is 2.89. The van der Waals surface area contributed by atoms with Crippen LogP contribution in [0.5, 0.6) is 0 Å². The summed E-state index contributed by atoms with van der Waals surface area (Å²) in [6, 6.07) is 7.09. The molecule has 1 saturated heterocycles. The predicted octanol–water partition coefficient (Wildman–Crippen LogP) is 0.375.